The number of thioether (sulfide) groups is 1. The van der Waals surface area contributed by atoms with E-state index in [1.54, 1.807) is 6.20 Å². The number of carbonyl (C=O) groups is 1. The standard InChI is InChI=1S/C22H24N4OS/c1-16-6-2-3-7-18(16)19-14-24-25-22(19)17-9-12-26(13-10-17)21(27)15-28-20-8-4-5-11-23-20/h2-8,11,14,17H,9-10,12-13,15H2,1H3,(H,24,25). The Bertz CT molecular complexity index is 932. The van der Waals surface area contributed by atoms with E-state index in [1.165, 1.54) is 34.1 Å². The average Bonchev–Trinajstić information content (AvgIpc) is 3.23. The lowest BCUT2D eigenvalue weighted by molar-refractivity contribution is -0.129. The molecule has 2 aromatic heterocycles. The molecule has 6 heteroatoms. The molecule has 1 amide bonds. The van der Waals surface area contributed by atoms with Gasteiger partial charge in [-0.1, -0.05) is 42.1 Å². The van der Waals surface area contributed by atoms with E-state index in [4.69, 9.17) is 0 Å². The van der Waals surface area contributed by atoms with Crippen LogP contribution < -0.4 is 0 Å². The van der Waals surface area contributed by atoms with E-state index in [2.05, 4.69) is 46.4 Å². The van der Waals surface area contributed by atoms with Crippen LogP contribution in [0.2, 0.25) is 0 Å². The summed E-state index contributed by atoms with van der Waals surface area (Å²) in [5.41, 5.74) is 4.87. The van der Waals surface area contributed by atoms with Crippen LogP contribution in [0, 0.1) is 6.92 Å². The molecule has 1 aliphatic rings. The zero-order valence-corrected chi connectivity index (χ0v) is 16.8. The molecule has 5 nitrogen and oxygen atoms in total. The number of nitrogens with zero attached hydrogens (tertiary/aromatic N) is 3. The number of piperidine rings is 1. The fraction of sp³-hybridized carbons (Fsp3) is 0.318. The van der Waals surface area contributed by atoms with Gasteiger partial charge in [0.25, 0.3) is 0 Å². The van der Waals surface area contributed by atoms with E-state index in [0.29, 0.717) is 11.7 Å². The summed E-state index contributed by atoms with van der Waals surface area (Å²) in [6, 6.07) is 14.2. The molecule has 0 unspecified atom stereocenters. The third-order valence-electron chi connectivity index (χ3n) is 5.34. The lowest BCUT2D eigenvalue weighted by Crippen LogP contribution is -2.39. The van der Waals surface area contributed by atoms with Crippen LogP contribution in [0.25, 0.3) is 11.1 Å². The topological polar surface area (TPSA) is 61.9 Å². The Kier molecular flexibility index (Phi) is 5.76. The molecule has 0 aliphatic carbocycles. The highest BCUT2D eigenvalue weighted by Crippen LogP contribution is 2.35. The summed E-state index contributed by atoms with van der Waals surface area (Å²) >= 11 is 1.50. The first-order valence-corrected chi connectivity index (χ1v) is 10.6. The molecule has 3 aromatic rings. The van der Waals surface area contributed by atoms with Gasteiger partial charge in [0, 0.05) is 36.5 Å². The molecule has 0 bridgehead atoms. The summed E-state index contributed by atoms with van der Waals surface area (Å²) in [6.07, 6.45) is 5.61. The number of H-pyrrole nitrogens is 1. The summed E-state index contributed by atoms with van der Waals surface area (Å²) in [7, 11) is 0. The van der Waals surface area contributed by atoms with Gasteiger partial charge in [0.05, 0.1) is 17.0 Å². The number of benzene rings is 1. The monoisotopic (exact) mass is 392 g/mol. The molecule has 0 radical (unpaired) electrons. The molecule has 0 atom stereocenters. The van der Waals surface area contributed by atoms with Gasteiger partial charge in [0.1, 0.15) is 0 Å². The molecule has 1 aromatic carbocycles. The van der Waals surface area contributed by atoms with E-state index < -0.39 is 0 Å². The number of hydrogen-bond acceptors (Lipinski definition) is 4. The number of likely N-dealkylation sites (tertiary alicyclic amines) is 1. The molecule has 144 valence electrons. The zero-order chi connectivity index (χ0) is 19.3. The molecular formula is C22H24N4OS. The third-order valence-corrected chi connectivity index (χ3v) is 6.27. The second-order valence-corrected chi connectivity index (χ2v) is 8.12. The van der Waals surface area contributed by atoms with Crippen molar-refractivity contribution in [2.24, 2.45) is 0 Å². The quantitative estimate of drug-likeness (QED) is 0.659. The van der Waals surface area contributed by atoms with Gasteiger partial charge in [0.15, 0.2) is 0 Å². The van der Waals surface area contributed by atoms with Crippen LogP contribution in [0.15, 0.2) is 59.9 Å². The van der Waals surface area contributed by atoms with E-state index >= 15 is 0 Å². The van der Waals surface area contributed by atoms with Crippen LogP contribution in [-0.2, 0) is 4.79 Å². The van der Waals surface area contributed by atoms with Gasteiger partial charge in [-0.2, -0.15) is 5.10 Å². The molecule has 1 aliphatic heterocycles. The van der Waals surface area contributed by atoms with Crippen molar-refractivity contribution in [2.75, 3.05) is 18.8 Å². The molecule has 1 saturated heterocycles. The minimum Gasteiger partial charge on any atom is -0.342 e. The van der Waals surface area contributed by atoms with Crippen molar-refractivity contribution in [2.45, 2.75) is 30.7 Å². The van der Waals surface area contributed by atoms with E-state index in [1.807, 2.05) is 29.3 Å². The lowest BCUT2D eigenvalue weighted by Gasteiger charge is -2.32. The molecule has 0 spiro atoms. The largest absolute Gasteiger partial charge is 0.342 e. The Balaban J connectivity index is 1.37. The van der Waals surface area contributed by atoms with Gasteiger partial charge in [-0.3, -0.25) is 9.89 Å². The van der Waals surface area contributed by atoms with Gasteiger partial charge in [0.2, 0.25) is 5.91 Å². The normalized spacial score (nSPS) is 15.0. The van der Waals surface area contributed by atoms with Crippen LogP contribution in [-0.4, -0.2) is 44.8 Å². The Morgan fingerprint density at radius 1 is 1.14 bits per heavy atom. The Morgan fingerprint density at radius 3 is 2.68 bits per heavy atom. The molecule has 1 N–H and O–H groups in total. The lowest BCUT2D eigenvalue weighted by atomic mass is 9.88. The maximum atomic E-state index is 12.6. The predicted molar refractivity (Wildman–Crippen MR) is 112 cm³/mol. The molecule has 3 heterocycles. The van der Waals surface area contributed by atoms with Crippen molar-refractivity contribution in [1.29, 1.82) is 0 Å². The highest BCUT2D eigenvalue weighted by Gasteiger charge is 2.27. The second-order valence-electron chi connectivity index (χ2n) is 7.12. The molecule has 1 fully saturated rings. The van der Waals surface area contributed by atoms with Crippen LogP contribution in [0.4, 0.5) is 0 Å². The Morgan fingerprint density at radius 2 is 1.93 bits per heavy atom. The number of aromatic amines is 1. The van der Waals surface area contributed by atoms with Gasteiger partial charge >= 0.3 is 0 Å². The smallest absolute Gasteiger partial charge is 0.232 e. The van der Waals surface area contributed by atoms with Crippen LogP contribution in [0.3, 0.4) is 0 Å². The number of aryl methyl sites for hydroxylation is 1. The van der Waals surface area contributed by atoms with Crippen molar-refractivity contribution in [3.63, 3.8) is 0 Å². The molecular weight excluding hydrogens is 368 g/mol. The highest BCUT2D eigenvalue weighted by atomic mass is 32.2. The molecule has 28 heavy (non-hydrogen) atoms. The van der Waals surface area contributed by atoms with Gasteiger partial charge in [-0.15, -0.1) is 0 Å². The van der Waals surface area contributed by atoms with E-state index in [9.17, 15) is 4.79 Å². The number of pyridine rings is 1. The number of carbonyl (C=O) groups excluding carboxylic acids is 1. The highest BCUT2D eigenvalue weighted by molar-refractivity contribution is 7.99. The van der Waals surface area contributed by atoms with Crippen molar-refractivity contribution >= 4 is 17.7 Å². The molecule has 4 rings (SSSR count). The zero-order valence-electron chi connectivity index (χ0n) is 16.0. The summed E-state index contributed by atoms with van der Waals surface area (Å²) < 4.78 is 0. The first-order valence-electron chi connectivity index (χ1n) is 9.63. The first-order chi connectivity index (χ1) is 13.7. The number of amides is 1. The average molecular weight is 393 g/mol. The van der Waals surface area contributed by atoms with Gasteiger partial charge in [-0.05, 0) is 43.0 Å². The molecule has 0 saturated carbocycles. The summed E-state index contributed by atoms with van der Waals surface area (Å²) in [5.74, 6) is 1.04. The van der Waals surface area contributed by atoms with Crippen LogP contribution in [0.5, 0.6) is 0 Å². The second kappa shape index (κ2) is 8.61. The number of rotatable bonds is 5. The van der Waals surface area contributed by atoms with Crippen LogP contribution >= 0.6 is 11.8 Å². The number of nitrogens with one attached hydrogen (secondary N) is 1. The summed E-state index contributed by atoms with van der Waals surface area (Å²) in [4.78, 5) is 18.8. The summed E-state index contributed by atoms with van der Waals surface area (Å²) in [5, 5.41) is 8.44. The first kappa shape index (κ1) is 18.7. The maximum absolute atomic E-state index is 12.6. The van der Waals surface area contributed by atoms with Crippen molar-refractivity contribution in [3.05, 3.63) is 66.1 Å². The van der Waals surface area contributed by atoms with Crippen molar-refractivity contribution in [3.8, 4) is 11.1 Å². The van der Waals surface area contributed by atoms with Crippen LogP contribution in [0.1, 0.15) is 30.0 Å². The fourth-order valence-electron chi connectivity index (χ4n) is 3.77. The predicted octanol–water partition coefficient (Wildman–Crippen LogP) is 4.28. The Labute approximate surface area is 169 Å². The van der Waals surface area contributed by atoms with Crippen molar-refractivity contribution < 1.29 is 4.79 Å². The fourth-order valence-corrected chi connectivity index (χ4v) is 4.54. The minimum absolute atomic E-state index is 0.192. The van der Waals surface area contributed by atoms with Gasteiger partial charge < -0.3 is 4.90 Å². The number of aromatic nitrogens is 3. The number of hydrogen-bond donors (Lipinski definition) is 1. The third kappa shape index (κ3) is 4.12. The minimum atomic E-state index is 0.192. The van der Waals surface area contributed by atoms with Gasteiger partial charge in [-0.25, -0.2) is 4.98 Å². The summed E-state index contributed by atoms with van der Waals surface area (Å²) in [6.45, 7) is 3.71. The van der Waals surface area contributed by atoms with E-state index in [-0.39, 0.29) is 5.91 Å². The van der Waals surface area contributed by atoms with E-state index in [0.717, 1.165) is 31.0 Å². The Hall–Kier alpha value is -2.60. The van der Waals surface area contributed by atoms with Crippen molar-refractivity contribution in [1.82, 2.24) is 20.1 Å². The SMILES string of the molecule is Cc1ccccc1-c1cn[nH]c1C1CCN(C(=O)CSc2ccccn2)CC1. The maximum Gasteiger partial charge on any atom is 0.232 e.